The van der Waals surface area contributed by atoms with Crippen molar-refractivity contribution in [2.24, 2.45) is 0 Å². The Bertz CT molecular complexity index is 1300. The topological polar surface area (TPSA) is 114 Å². The van der Waals surface area contributed by atoms with Crippen molar-refractivity contribution in [2.75, 3.05) is 12.4 Å². The molecule has 0 radical (unpaired) electrons. The zero-order valence-corrected chi connectivity index (χ0v) is 20.0. The summed E-state index contributed by atoms with van der Waals surface area (Å²) >= 11 is 3.39. The molecule has 0 atom stereocenters. The third kappa shape index (κ3) is 6.21. The number of benzene rings is 3. The summed E-state index contributed by atoms with van der Waals surface area (Å²) in [5.74, 6) is 0.273. The minimum absolute atomic E-state index is 0.161. The molecular formula is C25H20BrN3O5. The van der Waals surface area contributed by atoms with Crippen molar-refractivity contribution in [3.63, 3.8) is 0 Å². The number of nitriles is 1. The number of hydrogen-bond acceptors (Lipinski definition) is 6. The third-order valence-corrected chi connectivity index (χ3v) is 5.38. The van der Waals surface area contributed by atoms with Crippen molar-refractivity contribution < 1.29 is 19.2 Å². The van der Waals surface area contributed by atoms with Crippen molar-refractivity contribution in [3.8, 4) is 17.6 Å². The van der Waals surface area contributed by atoms with Crippen LogP contribution in [0, 0.1) is 28.4 Å². The highest BCUT2D eigenvalue weighted by Gasteiger charge is 2.15. The Balaban J connectivity index is 1.82. The number of carbonyl (C=O) groups is 1. The molecule has 3 aromatic rings. The molecule has 0 unspecified atom stereocenters. The Morgan fingerprint density at radius 1 is 1.15 bits per heavy atom. The maximum atomic E-state index is 12.7. The second-order valence-corrected chi connectivity index (χ2v) is 8.12. The number of halogens is 1. The number of nitro groups is 1. The fraction of sp³-hybridized carbons (Fsp3) is 0.120. The van der Waals surface area contributed by atoms with Gasteiger partial charge in [0.05, 0.1) is 17.7 Å². The number of anilines is 1. The average molecular weight is 522 g/mol. The first-order valence-electron chi connectivity index (χ1n) is 10.0. The minimum atomic E-state index is -0.681. The Morgan fingerprint density at radius 2 is 1.88 bits per heavy atom. The van der Waals surface area contributed by atoms with Gasteiger partial charge in [-0.15, -0.1) is 0 Å². The smallest absolute Gasteiger partial charge is 0.271 e. The molecule has 1 amide bonds. The van der Waals surface area contributed by atoms with Gasteiger partial charge in [-0.25, -0.2) is 0 Å². The van der Waals surface area contributed by atoms with Gasteiger partial charge in [-0.2, -0.15) is 5.26 Å². The number of nitrogens with one attached hydrogen (secondary N) is 1. The van der Waals surface area contributed by atoms with E-state index in [-0.39, 0.29) is 16.9 Å². The predicted molar refractivity (Wildman–Crippen MR) is 132 cm³/mol. The molecule has 172 valence electrons. The third-order valence-electron chi connectivity index (χ3n) is 4.85. The van der Waals surface area contributed by atoms with Gasteiger partial charge < -0.3 is 14.8 Å². The van der Waals surface area contributed by atoms with E-state index in [1.165, 1.54) is 31.4 Å². The second kappa shape index (κ2) is 11.1. The molecule has 0 aliphatic carbocycles. The quantitative estimate of drug-likeness (QED) is 0.173. The van der Waals surface area contributed by atoms with Gasteiger partial charge in [0.15, 0.2) is 11.5 Å². The maximum absolute atomic E-state index is 12.7. The first-order chi connectivity index (χ1) is 16.3. The van der Waals surface area contributed by atoms with Crippen LogP contribution in [0.4, 0.5) is 11.4 Å². The van der Waals surface area contributed by atoms with Crippen molar-refractivity contribution in [3.05, 3.63) is 97.5 Å². The monoisotopic (exact) mass is 521 g/mol. The van der Waals surface area contributed by atoms with Crippen LogP contribution < -0.4 is 14.8 Å². The summed E-state index contributed by atoms with van der Waals surface area (Å²) in [6.45, 7) is 2.00. The van der Waals surface area contributed by atoms with Crippen molar-refractivity contribution in [2.45, 2.75) is 13.5 Å². The molecular weight excluding hydrogens is 502 g/mol. The molecule has 0 bridgehead atoms. The Morgan fingerprint density at radius 3 is 2.53 bits per heavy atom. The molecule has 3 rings (SSSR count). The fourth-order valence-electron chi connectivity index (χ4n) is 3.00. The zero-order chi connectivity index (χ0) is 24.7. The molecule has 0 saturated heterocycles. The van der Waals surface area contributed by atoms with Gasteiger partial charge in [-0.3, -0.25) is 14.9 Å². The second-order valence-electron chi connectivity index (χ2n) is 7.21. The SMILES string of the molecule is COc1ccc(/C=C(\C#N)C(=O)Nc2cc([N+](=O)[O-])ccc2C)cc1OCc1ccc(Br)cc1. The van der Waals surface area contributed by atoms with Gasteiger partial charge in [0.1, 0.15) is 18.2 Å². The van der Waals surface area contributed by atoms with Crippen molar-refractivity contribution in [1.82, 2.24) is 0 Å². The van der Waals surface area contributed by atoms with Crippen LogP contribution in [0.1, 0.15) is 16.7 Å². The van der Waals surface area contributed by atoms with Gasteiger partial charge >= 0.3 is 0 Å². The molecule has 0 aromatic heterocycles. The number of amides is 1. The lowest BCUT2D eigenvalue weighted by atomic mass is 10.1. The lowest BCUT2D eigenvalue weighted by Crippen LogP contribution is -2.14. The number of non-ortho nitro benzene ring substituents is 1. The van der Waals surface area contributed by atoms with Gasteiger partial charge in [0.25, 0.3) is 11.6 Å². The highest BCUT2D eigenvalue weighted by atomic mass is 79.9. The average Bonchev–Trinajstić information content (AvgIpc) is 2.83. The van der Waals surface area contributed by atoms with Crippen LogP contribution in [-0.4, -0.2) is 17.9 Å². The summed E-state index contributed by atoms with van der Waals surface area (Å²) in [7, 11) is 1.52. The van der Waals surface area contributed by atoms with E-state index in [0.717, 1.165) is 10.0 Å². The summed E-state index contributed by atoms with van der Waals surface area (Å²) in [6.07, 6.45) is 1.41. The first kappa shape index (κ1) is 24.5. The van der Waals surface area contributed by atoms with Crippen LogP contribution >= 0.6 is 15.9 Å². The largest absolute Gasteiger partial charge is 0.493 e. The van der Waals surface area contributed by atoms with Crippen LogP contribution in [0.3, 0.4) is 0 Å². The maximum Gasteiger partial charge on any atom is 0.271 e. The molecule has 0 aliphatic rings. The number of nitro benzene ring substituents is 1. The molecule has 0 saturated carbocycles. The van der Waals surface area contributed by atoms with E-state index < -0.39 is 10.8 Å². The standard InChI is InChI=1S/C25H20BrN3O5/c1-16-3-9-21(29(31)32)13-22(16)28-25(30)19(14-27)11-18-6-10-23(33-2)24(12-18)34-15-17-4-7-20(26)8-5-17/h3-13H,15H2,1-2H3,(H,28,30)/b19-11+. The van der Waals surface area contributed by atoms with Crippen molar-refractivity contribution >= 4 is 39.3 Å². The lowest BCUT2D eigenvalue weighted by molar-refractivity contribution is -0.384. The summed E-state index contributed by atoms with van der Waals surface area (Å²) in [5, 5.41) is 23.1. The molecule has 1 N–H and O–H groups in total. The van der Waals surface area contributed by atoms with Crippen LogP contribution in [0.25, 0.3) is 6.08 Å². The summed E-state index contributed by atoms with van der Waals surface area (Å²) in [5.41, 5.74) is 2.06. The fourth-order valence-corrected chi connectivity index (χ4v) is 3.27. The number of methoxy groups -OCH3 is 1. The Kier molecular flexibility index (Phi) is 8.01. The van der Waals surface area contributed by atoms with Gasteiger partial charge in [0, 0.05) is 16.6 Å². The molecule has 0 spiro atoms. The number of carbonyl (C=O) groups excluding carboxylic acids is 1. The van der Waals surface area contributed by atoms with Crippen LogP contribution in [-0.2, 0) is 11.4 Å². The molecule has 9 heteroatoms. The van der Waals surface area contributed by atoms with E-state index in [1.54, 1.807) is 25.1 Å². The van der Waals surface area contributed by atoms with Crippen LogP contribution in [0.2, 0.25) is 0 Å². The van der Waals surface area contributed by atoms with E-state index in [9.17, 15) is 20.2 Å². The molecule has 34 heavy (non-hydrogen) atoms. The number of nitrogens with zero attached hydrogens (tertiary/aromatic N) is 2. The number of hydrogen-bond donors (Lipinski definition) is 1. The summed E-state index contributed by atoms with van der Waals surface area (Å²) < 4.78 is 12.2. The van der Waals surface area contributed by atoms with Gasteiger partial charge in [-0.05, 0) is 54.0 Å². The van der Waals surface area contributed by atoms with E-state index >= 15 is 0 Å². The van der Waals surface area contributed by atoms with E-state index in [0.29, 0.717) is 29.2 Å². The predicted octanol–water partition coefficient (Wildman–Crippen LogP) is 5.80. The lowest BCUT2D eigenvalue weighted by Gasteiger charge is -2.12. The number of rotatable bonds is 8. The molecule has 0 fully saturated rings. The molecule has 8 nitrogen and oxygen atoms in total. The van der Waals surface area contributed by atoms with E-state index in [1.807, 2.05) is 30.3 Å². The highest BCUT2D eigenvalue weighted by Crippen LogP contribution is 2.30. The first-order valence-corrected chi connectivity index (χ1v) is 10.8. The van der Waals surface area contributed by atoms with Gasteiger partial charge in [0.2, 0.25) is 0 Å². The molecule has 0 heterocycles. The zero-order valence-electron chi connectivity index (χ0n) is 18.4. The minimum Gasteiger partial charge on any atom is -0.493 e. The Hall–Kier alpha value is -4.16. The van der Waals surface area contributed by atoms with E-state index in [2.05, 4.69) is 21.2 Å². The molecule has 0 aliphatic heterocycles. The van der Waals surface area contributed by atoms with Crippen LogP contribution in [0.5, 0.6) is 11.5 Å². The van der Waals surface area contributed by atoms with Crippen LogP contribution in [0.15, 0.2) is 70.7 Å². The summed E-state index contributed by atoms with van der Waals surface area (Å²) in [6, 6.07) is 18.7. The van der Waals surface area contributed by atoms with E-state index in [4.69, 9.17) is 9.47 Å². The number of aryl methyl sites for hydroxylation is 1. The number of ether oxygens (including phenoxy) is 2. The highest BCUT2D eigenvalue weighted by molar-refractivity contribution is 9.10. The summed E-state index contributed by atoms with van der Waals surface area (Å²) in [4.78, 5) is 23.2. The van der Waals surface area contributed by atoms with Gasteiger partial charge in [-0.1, -0.05) is 40.2 Å². The molecule has 3 aromatic carbocycles. The Labute approximate surface area is 204 Å². The van der Waals surface area contributed by atoms with Crippen molar-refractivity contribution in [1.29, 1.82) is 5.26 Å². The normalized spacial score (nSPS) is 10.8.